The number of nitrogens with zero attached hydrogens (tertiary/aromatic N) is 1. The number of nitrogens with one attached hydrogen (secondary N) is 1. The molecule has 0 spiro atoms. The Hall–Kier alpha value is -1.87. The maximum absolute atomic E-state index is 11.9. The number of ether oxygens (including phenoxy) is 1. The summed E-state index contributed by atoms with van der Waals surface area (Å²) in [6.07, 6.45) is 5.70. The van der Waals surface area contributed by atoms with Gasteiger partial charge in [0.25, 0.3) is 0 Å². The highest BCUT2D eigenvalue weighted by molar-refractivity contribution is 7.17. The lowest BCUT2D eigenvalue weighted by atomic mass is 10.2. The third-order valence-electron chi connectivity index (χ3n) is 2.27. The van der Waals surface area contributed by atoms with Gasteiger partial charge in [-0.05, 0) is 12.8 Å². The fourth-order valence-corrected chi connectivity index (χ4v) is 2.19. The van der Waals surface area contributed by atoms with Gasteiger partial charge in [0.2, 0.25) is 5.91 Å². The molecular weight excluding hydrogens is 276 g/mol. The summed E-state index contributed by atoms with van der Waals surface area (Å²) in [4.78, 5) is 27.9. The highest BCUT2D eigenvalue weighted by atomic mass is 32.1. The van der Waals surface area contributed by atoms with Gasteiger partial charge in [-0.15, -0.1) is 12.3 Å². The molecule has 5 nitrogen and oxygen atoms in total. The van der Waals surface area contributed by atoms with E-state index < -0.39 is 5.97 Å². The first-order valence-electron chi connectivity index (χ1n) is 6.32. The molecular formula is C14H18N2O3S. The second-order valence-electron chi connectivity index (χ2n) is 4.68. The lowest BCUT2D eigenvalue weighted by Crippen LogP contribution is -2.10. The maximum atomic E-state index is 11.9. The minimum absolute atomic E-state index is 0.209. The van der Waals surface area contributed by atoms with Gasteiger partial charge in [-0.1, -0.05) is 25.2 Å². The first-order chi connectivity index (χ1) is 9.43. The molecule has 1 N–H and O–H groups in total. The van der Waals surface area contributed by atoms with Gasteiger partial charge in [-0.2, -0.15) is 0 Å². The van der Waals surface area contributed by atoms with Crippen molar-refractivity contribution in [3.63, 3.8) is 0 Å². The predicted molar refractivity (Wildman–Crippen MR) is 78.7 cm³/mol. The second-order valence-corrected chi connectivity index (χ2v) is 5.68. The van der Waals surface area contributed by atoms with Crippen molar-refractivity contribution in [1.82, 2.24) is 4.98 Å². The molecule has 20 heavy (non-hydrogen) atoms. The van der Waals surface area contributed by atoms with E-state index in [1.165, 1.54) is 0 Å². The van der Waals surface area contributed by atoms with Crippen molar-refractivity contribution < 1.29 is 14.3 Å². The zero-order valence-corrected chi connectivity index (χ0v) is 12.7. The zero-order chi connectivity index (χ0) is 15.1. The van der Waals surface area contributed by atoms with E-state index in [1.54, 1.807) is 6.92 Å². The van der Waals surface area contributed by atoms with E-state index >= 15 is 0 Å². The number of hydrogen-bond donors (Lipinski definition) is 1. The predicted octanol–water partition coefficient (Wildman–Crippen LogP) is 2.62. The largest absolute Gasteiger partial charge is 0.461 e. The lowest BCUT2D eigenvalue weighted by molar-refractivity contribution is -0.116. The molecule has 1 rings (SSSR count). The van der Waals surface area contributed by atoms with Crippen LogP contribution in [0.25, 0.3) is 0 Å². The molecule has 6 heteroatoms. The van der Waals surface area contributed by atoms with E-state index in [4.69, 9.17) is 11.2 Å². The highest BCUT2D eigenvalue weighted by Crippen LogP contribution is 2.23. The van der Waals surface area contributed by atoms with Gasteiger partial charge < -0.3 is 10.1 Å². The number of anilines is 1. The van der Waals surface area contributed by atoms with Crippen LogP contribution in [-0.2, 0) is 9.53 Å². The number of aromatic nitrogens is 1. The van der Waals surface area contributed by atoms with Crippen molar-refractivity contribution >= 4 is 28.3 Å². The molecule has 0 aliphatic heterocycles. The monoisotopic (exact) mass is 294 g/mol. The summed E-state index contributed by atoms with van der Waals surface area (Å²) in [6.45, 7) is 5.99. The number of rotatable bonds is 6. The number of hydrogen-bond acceptors (Lipinski definition) is 5. The van der Waals surface area contributed by atoms with Crippen LogP contribution in [-0.4, -0.2) is 23.5 Å². The van der Waals surface area contributed by atoms with Crippen molar-refractivity contribution in [3.8, 4) is 12.3 Å². The minimum Gasteiger partial charge on any atom is -0.461 e. The standard InChI is InChI=1S/C14H18N2O3S/c1-5-6-7-11(17)16-14-15-10(4)12(20-14)13(18)19-8-9(2)3/h1,9H,6-8H2,2-4H3,(H,15,16,17). The van der Waals surface area contributed by atoms with E-state index in [9.17, 15) is 9.59 Å². The summed E-state index contributed by atoms with van der Waals surface area (Å²) >= 11 is 1.11. The van der Waals surface area contributed by atoms with Gasteiger partial charge in [0, 0.05) is 12.8 Å². The van der Waals surface area contributed by atoms with E-state index in [1.807, 2.05) is 13.8 Å². The van der Waals surface area contributed by atoms with E-state index in [0.29, 0.717) is 28.7 Å². The Labute approximate surface area is 122 Å². The van der Waals surface area contributed by atoms with Crippen LogP contribution in [0.5, 0.6) is 0 Å². The summed E-state index contributed by atoms with van der Waals surface area (Å²) < 4.78 is 5.15. The van der Waals surface area contributed by atoms with Gasteiger partial charge in [-0.25, -0.2) is 9.78 Å². The van der Waals surface area contributed by atoms with Crippen molar-refractivity contribution in [2.24, 2.45) is 5.92 Å². The van der Waals surface area contributed by atoms with Crippen LogP contribution in [0.1, 0.15) is 42.1 Å². The molecule has 0 unspecified atom stereocenters. The SMILES string of the molecule is C#CCCC(=O)Nc1nc(C)c(C(=O)OCC(C)C)s1. The Balaban J connectivity index is 2.65. The molecule has 0 aliphatic carbocycles. The Morgan fingerprint density at radius 3 is 2.80 bits per heavy atom. The normalized spacial score (nSPS) is 10.2. The van der Waals surface area contributed by atoms with Gasteiger partial charge >= 0.3 is 5.97 Å². The fourth-order valence-electron chi connectivity index (χ4n) is 1.31. The van der Waals surface area contributed by atoms with Crippen molar-refractivity contribution in [1.29, 1.82) is 0 Å². The number of terminal acetylenes is 1. The van der Waals surface area contributed by atoms with Crippen molar-refractivity contribution in [3.05, 3.63) is 10.6 Å². The fraction of sp³-hybridized carbons (Fsp3) is 0.500. The molecule has 108 valence electrons. The van der Waals surface area contributed by atoms with E-state index in [-0.39, 0.29) is 18.2 Å². The summed E-state index contributed by atoms with van der Waals surface area (Å²) in [7, 11) is 0. The molecule has 0 bridgehead atoms. The molecule has 1 aromatic rings. The summed E-state index contributed by atoms with van der Waals surface area (Å²) in [5.74, 6) is 2.05. The Bertz CT molecular complexity index is 529. The van der Waals surface area contributed by atoms with Gasteiger partial charge in [0.1, 0.15) is 4.88 Å². The Morgan fingerprint density at radius 1 is 1.50 bits per heavy atom. The molecule has 1 amide bonds. The topological polar surface area (TPSA) is 68.3 Å². The quantitative estimate of drug-likeness (QED) is 0.647. The first kappa shape index (κ1) is 16.2. The number of carbonyl (C=O) groups is 2. The van der Waals surface area contributed by atoms with Crippen LogP contribution < -0.4 is 5.32 Å². The third-order valence-corrected chi connectivity index (χ3v) is 3.33. The van der Waals surface area contributed by atoms with Crippen LogP contribution in [0.2, 0.25) is 0 Å². The lowest BCUT2D eigenvalue weighted by Gasteiger charge is -2.05. The van der Waals surface area contributed by atoms with Gasteiger partial charge in [0.05, 0.1) is 12.3 Å². The highest BCUT2D eigenvalue weighted by Gasteiger charge is 2.18. The summed E-state index contributed by atoms with van der Waals surface area (Å²) in [6, 6.07) is 0. The number of aryl methyl sites for hydroxylation is 1. The summed E-state index contributed by atoms with van der Waals surface area (Å²) in [5.41, 5.74) is 0.552. The van der Waals surface area contributed by atoms with E-state index in [2.05, 4.69) is 16.2 Å². The summed E-state index contributed by atoms with van der Waals surface area (Å²) in [5, 5.41) is 3.01. The van der Waals surface area contributed by atoms with Gasteiger partial charge in [-0.3, -0.25) is 4.79 Å². The van der Waals surface area contributed by atoms with Crippen LogP contribution in [0.3, 0.4) is 0 Å². The minimum atomic E-state index is -0.405. The average molecular weight is 294 g/mol. The zero-order valence-electron chi connectivity index (χ0n) is 11.9. The Kier molecular flexibility index (Phi) is 6.19. The number of esters is 1. The van der Waals surface area contributed by atoms with Crippen LogP contribution in [0.4, 0.5) is 5.13 Å². The molecule has 1 aromatic heterocycles. The molecule has 0 saturated heterocycles. The average Bonchev–Trinajstić information content (AvgIpc) is 2.74. The number of thiazole rings is 1. The smallest absolute Gasteiger partial charge is 0.350 e. The van der Waals surface area contributed by atoms with Gasteiger partial charge in [0.15, 0.2) is 5.13 Å². The van der Waals surface area contributed by atoms with Crippen molar-refractivity contribution in [2.45, 2.75) is 33.6 Å². The van der Waals surface area contributed by atoms with Crippen molar-refractivity contribution in [2.75, 3.05) is 11.9 Å². The molecule has 0 atom stereocenters. The van der Waals surface area contributed by atoms with Crippen LogP contribution in [0, 0.1) is 25.2 Å². The molecule has 0 aliphatic rings. The van der Waals surface area contributed by atoms with Crippen LogP contribution in [0.15, 0.2) is 0 Å². The number of amides is 1. The molecule has 0 saturated carbocycles. The molecule has 0 aromatic carbocycles. The Morgan fingerprint density at radius 2 is 2.20 bits per heavy atom. The third kappa shape index (κ3) is 5.02. The first-order valence-corrected chi connectivity index (χ1v) is 7.13. The second kappa shape index (κ2) is 7.65. The molecule has 0 fully saturated rings. The molecule has 1 heterocycles. The number of carbonyl (C=O) groups excluding carboxylic acids is 2. The maximum Gasteiger partial charge on any atom is 0.350 e. The molecule has 0 radical (unpaired) electrons. The van der Waals surface area contributed by atoms with Crippen LogP contribution >= 0.6 is 11.3 Å². The van der Waals surface area contributed by atoms with E-state index in [0.717, 1.165) is 11.3 Å².